The van der Waals surface area contributed by atoms with Gasteiger partial charge in [0, 0.05) is 143 Å². The molecule has 15 rings (SSSR count). The van der Waals surface area contributed by atoms with Gasteiger partial charge in [-0.3, -0.25) is 56.5 Å². The van der Waals surface area contributed by atoms with Crippen molar-refractivity contribution in [2.24, 2.45) is 0 Å². The number of hydrogen-bond donors (Lipinski definition) is 1. The van der Waals surface area contributed by atoms with Crippen molar-refractivity contribution in [3.05, 3.63) is 265 Å². The van der Waals surface area contributed by atoms with Gasteiger partial charge in [-0.15, -0.1) is 31.2 Å². The first kappa shape index (κ1) is 86.8. The lowest BCUT2D eigenvalue weighted by Gasteiger charge is -2.28. The van der Waals surface area contributed by atoms with Crippen LogP contribution in [-0.4, -0.2) is 166 Å². The Bertz CT molecular complexity index is 5240. The molecule has 0 atom stereocenters. The molecule has 0 bridgehead atoms. The number of halogens is 9. The standard InChI is InChI=1S/2C22H20FN3O2.C14H16BrN3O2.C11H10BrN3O.C8H5F.C3H7BrO.CH3F.2ClH/c2*1-28-12-11-25-9-10-26-21(15-25)24-20-14-17(7-8-19(20)22(26)27)6-5-16-3-2-4-18(23)13-16;1-20-7-6-17-4-5-18-13(9-17)16-12-8-10(15)2-3-11(12)14(18)19;12-7-1-2-8-9(5-7)14-10-6-13-3-4-15(10)11(8)16;1-2-7-4-3-5-8(9)6-7;1-5-3-2-4;1-2;;/h2*2-4,7-8,13-14H,9-12,15H2,1H3;2-3,8H,4-7,9H2,1H3;1-2,5,13H,3-4,6H2;1,3-6H;2-3H2,1H3;1H3;2*1H/i;;;;;;1D;;. The molecule has 29 heteroatoms. The van der Waals surface area contributed by atoms with Crippen molar-refractivity contribution < 1.29 is 37.9 Å². The lowest BCUT2D eigenvalue weighted by atomic mass is 10.1. The van der Waals surface area contributed by atoms with E-state index in [1.165, 1.54) is 36.4 Å². The van der Waals surface area contributed by atoms with Crippen molar-refractivity contribution in [1.82, 2.24) is 58.2 Å². The van der Waals surface area contributed by atoms with E-state index in [2.05, 4.69) is 112 Å². The Hall–Kier alpha value is -8.80. The van der Waals surface area contributed by atoms with Crippen molar-refractivity contribution >= 4 is 116 Å². The molecule has 8 heterocycles. The minimum Gasteiger partial charge on any atom is -0.384 e. The number of nitrogens with one attached hydrogen (secondary N) is 1. The Morgan fingerprint density at radius 2 is 0.764 bits per heavy atom. The van der Waals surface area contributed by atoms with Gasteiger partial charge in [0.2, 0.25) is 0 Å². The summed E-state index contributed by atoms with van der Waals surface area (Å²) in [4.78, 5) is 75.6. The van der Waals surface area contributed by atoms with Gasteiger partial charge in [-0.1, -0.05) is 95.6 Å². The molecule has 0 radical (unpaired) electrons. The number of fused-ring (bicyclic) bond motifs is 8. The van der Waals surface area contributed by atoms with E-state index in [0.717, 1.165) is 112 Å². The fraction of sp³-hybridized carbons (Fsp3) is 0.309. The largest absolute Gasteiger partial charge is 0.384 e. The number of ether oxygens (including phenoxy) is 4. The molecule has 0 amide bonds. The van der Waals surface area contributed by atoms with E-state index >= 15 is 0 Å². The van der Waals surface area contributed by atoms with Crippen molar-refractivity contribution in [2.75, 3.05) is 113 Å². The van der Waals surface area contributed by atoms with Gasteiger partial charge in [0.05, 0.1) is 105 Å². The first-order chi connectivity index (χ1) is 52.9. The Balaban J connectivity index is 0.000000193. The minimum absolute atomic E-state index is 0. The van der Waals surface area contributed by atoms with Gasteiger partial charge >= 0.3 is 0 Å². The van der Waals surface area contributed by atoms with Crippen LogP contribution in [0.25, 0.3) is 43.6 Å². The lowest BCUT2D eigenvalue weighted by molar-refractivity contribution is 0.128. The molecule has 11 aromatic rings. The number of rotatable bonds is 11. The molecule has 0 aliphatic carbocycles. The van der Waals surface area contributed by atoms with Crippen LogP contribution in [-0.2, 0) is 71.3 Å². The van der Waals surface area contributed by atoms with Gasteiger partial charge in [-0.2, -0.15) is 0 Å². The Kier molecular flexibility index (Phi) is 35.4. The van der Waals surface area contributed by atoms with Crippen molar-refractivity contribution in [3.63, 3.8) is 0 Å². The van der Waals surface area contributed by atoms with Crippen LogP contribution in [0.3, 0.4) is 0 Å². The van der Waals surface area contributed by atoms with Gasteiger partial charge < -0.3 is 24.3 Å². The number of terminal acetylenes is 1. The molecule has 0 spiro atoms. The fourth-order valence-corrected chi connectivity index (χ4v) is 12.9. The van der Waals surface area contributed by atoms with Gasteiger partial charge in [0.1, 0.15) is 40.7 Å². The quantitative estimate of drug-likeness (QED) is 0.0728. The van der Waals surface area contributed by atoms with Crippen molar-refractivity contribution in [2.45, 2.75) is 52.4 Å². The lowest BCUT2D eigenvalue weighted by Crippen LogP contribution is -2.41. The third-order valence-corrected chi connectivity index (χ3v) is 18.6. The highest BCUT2D eigenvalue weighted by Gasteiger charge is 2.23. The van der Waals surface area contributed by atoms with Crippen LogP contribution >= 0.6 is 72.6 Å². The maximum atomic E-state index is 13.3. The molecule has 110 heavy (non-hydrogen) atoms. The monoisotopic (exact) mass is 1740 g/mol. The van der Waals surface area contributed by atoms with E-state index < -0.39 is 7.15 Å². The molecule has 0 saturated carbocycles. The molecule has 4 aliphatic rings. The zero-order valence-corrected chi connectivity index (χ0v) is 67.3. The zero-order chi connectivity index (χ0) is 77.8. The highest BCUT2D eigenvalue weighted by atomic mass is 79.9. The van der Waals surface area contributed by atoms with E-state index in [9.17, 15) is 36.7 Å². The molecular weight excluding hydrogens is 1660 g/mol. The third-order valence-electron chi connectivity index (χ3n) is 17.3. The average Bonchev–Trinajstić information content (AvgIpc) is 0.789. The number of methoxy groups -OCH3 is 4. The number of aromatic nitrogens is 8. The summed E-state index contributed by atoms with van der Waals surface area (Å²) in [5.74, 6) is 16.5. The predicted octanol–water partition coefficient (Wildman–Crippen LogP) is 11.9. The summed E-state index contributed by atoms with van der Waals surface area (Å²) in [5.41, 5.74) is 6.13. The van der Waals surface area contributed by atoms with E-state index in [1.807, 2.05) is 48.5 Å². The Morgan fingerprint density at radius 1 is 0.445 bits per heavy atom. The topological polar surface area (TPSA) is 198 Å². The molecule has 7 aromatic carbocycles. The number of hydrogen-bond acceptors (Lipinski definition) is 16. The van der Waals surface area contributed by atoms with Gasteiger partial charge in [-0.25, -0.2) is 33.1 Å². The maximum absolute atomic E-state index is 13.3. The second-order valence-electron chi connectivity index (χ2n) is 24.6. The van der Waals surface area contributed by atoms with E-state index in [0.29, 0.717) is 121 Å². The van der Waals surface area contributed by atoms with Crippen LogP contribution in [0.2, 0.25) is 0 Å². The molecule has 4 aliphatic heterocycles. The first-order valence-electron chi connectivity index (χ1n) is 35.1. The average molecular weight is 1740 g/mol. The molecule has 0 fully saturated rings. The molecule has 4 aromatic heterocycles. The second-order valence-corrected chi connectivity index (χ2v) is 27.2. The summed E-state index contributed by atoms with van der Waals surface area (Å²) < 4.78 is 83.3. The summed E-state index contributed by atoms with van der Waals surface area (Å²) in [6.45, 7) is 13.8. The Morgan fingerprint density at radius 3 is 1.09 bits per heavy atom. The van der Waals surface area contributed by atoms with Gasteiger partial charge in [0.15, 0.2) is 0 Å². The molecule has 1 N–H and O–H groups in total. The molecule has 0 saturated heterocycles. The van der Waals surface area contributed by atoms with Crippen molar-refractivity contribution in [1.29, 1.82) is 0 Å². The van der Waals surface area contributed by atoms with Gasteiger partial charge in [-0.05, 0) is 127 Å². The van der Waals surface area contributed by atoms with Crippen LogP contribution in [0.1, 0.15) is 52.5 Å². The third kappa shape index (κ3) is 24.6. The summed E-state index contributed by atoms with van der Waals surface area (Å²) in [6.07, 6.45) is 5.00. The van der Waals surface area contributed by atoms with Crippen LogP contribution in [0.15, 0.2) is 174 Å². The highest BCUT2D eigenvalue weighted by Crippen LogP contribution is 2.22. The maximum Gasteiger partial charge on any atom is 0.261 e. The normalized spacial score (nSPS) is 13.3. The predicted molar refractivity (Wildman–Crippen MR) is 439 cm³/mol. The Labute approximate surface area is 673 Å². The number of benzene rings is 7. The van der Waals surface area contributed by atoms with E-state index in [1.54, 1.807) is 107 Å². The van der Waals surface area contributed by atoms with Gasteiger partial charge in [0.25, 0.3) is 22.2 Å². The molecule has 0 unspecified atom stereocenters. The van der Waals surface area contributed by atoms with E-state index in [4.69, 9.17) is 32.0 Å². The second kappa shape index (κ2) is 44.9. The van der Waals surface area contributed by atoms with Crippen LogP contribution in [0.4, 0.5) is 17.6 Å². The summed E-state index contributed by atoms with van der Waals surface area (Å²) in [7, 11) is 5.74. The van der Waals surface area contributed by atoms with Crippen LogP contribution in [0, 0.1) is 53.5 Å². The first-order valence-corrected chi connectivity index (χ1v) is 37.1. The molecule has 578 valence electrons. The summed E-state index contributed by atoms with van der Waals surface area (Å²) >= 11 is 10.00. The number of nitrogens with zero attached hydrogens (tertiary/aromatic N) is 11. The molecular formula is C81H83Br3Cl2F4N12O8. The minimum atomic E-state index is -1.00. The summed E-state index contributed by atoms with van der Waals surface area (Å²) in [6, 6.07) is 40.2. The van der Waals surface area contributed by atoms with E-state index in [-0.39, 0.29) is 64.5 Å². The zero-order valence-electron chi connectivity index (χ0n) is 61.9. The van der Waals surface area contributed by atoms with Crippen molar-refractivity contribution in [3.8, 4) is 36.0 Å². The summed E-state index contributed by atoms with van der Waals surface area (Å²) in [5, 5.41) is 6.70. The smallest absolute Gasteiger partial charge is 0.261 e. The molecule has 20 nitrogen and oxygen atoms in total. The van der Waals surface area contributed by atoms with Crippen LogP contribution in [0.5, 0.6) is 0 Å². The highest BCUT2D eigenvalue weighted by molar-refractivity contribution is 9.10. The number of alkyl halides is 2. The fourth-order valence-electron chi connectivity index (χ4n) is 11.9. The SMILES string of the molecule is C#Cc1cccc(F)c1.COCCBr.COCCN1CCn2c(nc3cc(Br)ccc3c2=O)C1.COCCN1CCn2c(nc3cc(C#Cc4cccc(F)c4)ccc3c2=O)C1.COCCN1CCn2c(nc3cc(C#Cc4cccc(F)c4)ccc3c2=O)C1.Cl.Cl.O=c1c2ccc(Br)cc2nc2n1CCNC2.[2H]CF. The van der Waals surface area contributed by atoms with Crippen LogP contribution < -0.4 is 27.6 Å².